The van der Waals surface area contributed by atoms with Crippen molar-refractivity contribution in [3.8, 4) is 5.75 Å². The van der Waals surface area contributed by atoms with E-state index in [4.69, 9.17) is 4.74 Å². The Hall–Kier alpha value is -2.90. The van der Waals surface area contributed by atoms with Crippen molar-refractivity contribution in [3.05, 3.63) is 71.8 Å². The Labute approximate surface area is 164 Å². The summed E-state index contributed by atoms with van der Waals surface area (Å²) in [7, 11) is -1.98. The van der Waals surface area contributed by atoms with E-state index in [9.17, 15) is 13.2 Å². The van der Waals surface area contributed by atoms with Gasteiger partial charge in [-0.1, -0.05) is 31.2 Å². The fraction of sp³-hybridized carbons (Fsp3) is 0.190. The minimum absolute atomic E-state index is 0.0710. The molecule has 146 valence electrons. The molecule has 0 radical (unpaired) electrons. The molecule has 3 aromatic rings. The molecule has 0 heterocycles. The van der Waals surface area contributed by atoms with Crippen LogP contribution in [-0.2, 0) is 16.6 Å². The Morgan fingerprint density at radius 1 is 1.00 bits per heavy atom. The van der Waals surface area contributed by atoms with Gasteiger partial charge in [-0.25, -0.2) is 13.1 Å². The normalized spacial score (nSPS) is 11.4. The molecule has 0 aliphatic heterocycles. The first-order chi connectivity index (χ1) is 13.4. The van der Waals surface area contributed by atoms with Crippen molar-refractivity contribution in [2.45, 2.75) is 18.4 Å². The molecule has 0 atom stereocenters. The molecule has 1 amide bonds. The fourth-order valence-corrected chi connectivity index (χ4v) is 3.96. The highest BCUT2D eigenvalue weighted by molar-refractivity contribution is 7.89. The Bertz CT molecular complexity index is 1110. The molecule has 28 heavy (non-hydrogen) atoms. The van der Waals surface area contributed by atoms with Crippen molar-refractivity contribution in [3.63, 3.8) is 0 Å². The monoisotopic (exact) mass is 398 g/mol. The standard InChI is InChI=1S/C21H22N2O4S/c1-3-23-28(25,26)20-6-4-5-18(13-20)21(24)22-14-15-7-8-17-12-19(27-2)10-9-16(17)11-15/h4-13,23H,3,14H2,1-2H3,(H,22,24). The van der Waals surface area contributed by atoms with Gasteiger partial charge in [-0.2, -0.15) is 0 Å². The van der Waals surface area contributed by atoms with Crippen molar-refractivity contribution < 1.29 is 17.9 Å². The lowest BCUT2D eigenvalue weighted by Crippen LogP contribution is -2.25. The smallest absolute Gasteiger partial charge is 0.251 e. The minimum atomic E-state index is -3.60. The zero-order valence-electron chi connectivity index (χ0n) is 15.7. The number of hydrogen-bond donors (Lipinski definition) is 2. The average molecular weight is 398 g/mol. The Balaban J connectivity index is 1.73. The summed E-state index contributed by atoms with van der Waals surface area (Å²) >= 11 is 0. The third kappa shape index (κ3) is 4.49. The topological polar surface area (TPSA) is 84.5 Å². The molecule has 0 aliphatic rings. The van der Waals surface area contributed by atoms with Gasteiger partial charge in [0.25, 0.3) is 5.91 Å². The highest BCUT2D eigenvalue weighted by atomic mass is 32.2. The van der Waals surface area contributed by atoms with E-state index in [1.165, 1.54) is 12.1 Å². The number of benzene rings is 3. The molecule has 0 spiro atoms. The number of nitrogens with one attached hydrogen (secondary N) is 2. The van der Waals surface area contributed by atoms with Crippen LogP contribution in [0.3, 0.4) is 0 Å². The van der Waals surface area contributed by atoms with E-state index in [0.717, 1.165) is 22.1 Å². The third-order valence-corrected chi connectivity index (χ3v) is 5.85. The van der Waals surface area contributed by atoms with Crippen LogP contribution in [0.1, 0.15) is 22.8 Å². The third-order valence-electron chi connectivity index (χ3n) is 4.31. The van der Waals surface area contributed by atoms with Crippen molar-refractivity contribution >= 4 is 26.7 Å². The van der Waals surface area contributed by atoms with Crippen LogP contribution in [0.4, 0.5) is 0 Å². The largest absolute Gasteiger partial charge is 0.497 e. The van der Waals surface area contributed by atoms with Gasteiger partial charge >= 0.3 is 0 Å². The van der Waals surface area contributed by atoms with Gasteiger partial charge in [0.2, 0.25) is 10.0 Å². The van der Waals surface area contributed by atoms with Crippen LogP contribution in [0.25, 0.3) is 10.8 Å². The van der Waals surface area contributed by atoms with Gasteiger partial charge in [0, 0.05) is 18.7 Å². The van der Waals surface area contributed by atoms with E-state index < -0.39 is 10.0 Å². The van der Waals surface area contributed by atoms with E-state index in [-0.39, 0.29) is 17.3 Å². The van der Waals surface area contributed by atoms with Crippen LogP contribution >= 0.6 is 0 Å². The number of fused-ring (bicyclic) bond motifs is 1. The van der Waals surface area contributed by atoms with Gasteiger partial charge in [-0.15, -0.1) is 0 Å². The highest BCUT2D eigenvalue weighted by Gasteiger charge is 2.15. The SMILES string of the molecule is CCNS(=O)(=O)c1cccc(C(=O)NCc2ccc3cc(OC)ccc3c2)c1. The van der Waals surface area contributed by atoms with Crippen LogP contribution in [0.15, 0.2) is 65.6 Å². The van der Waals surface area contributed by atoms with Crippen molar-refractivity contribution in [1.82, 2.24) is 10.0 Å². The predicted octanol–water partition coefficient (Wildman–Crippen LogP) is 3.08. The van der Waals surface area contributed by atoms with Crippen LogP contribution in [0, 0.1) is 0 Å². The summed E-state index contributed by atoms with van der Waals surface area (Å²) in [5, 5.41) is 4.93. The molecule has 7 heteroatoms. The molecule has 3 aromatic carbocycles. The molecule has 0 saturated carbocycles. The zero-order valence-corrected chi connectivity index (χ0v) is 16.5. The van der Waals surface area contributed by atoms with Crippen molar-refractivity contribution in [1.29, 1.82) is 0 Å². The van der Waals surface area contributed by atoms with Crippen molar-refractivity contribution in [2.24, 2.45) is 0 Å². The molecule has 0 saturated heterocycles. The summed E-state index contributed by atoms with van der Waals surface area (Å²) < 4.78 is 31.9. The summed E-state index contributed by atoms with van der Waals surface area (Å²) in [6.07, 6.45) is 0. The maximum Gasteiger partial charge on any atom is 0.251 e. The zero-order chi connectivity index (χ0) is 20.1. The predicted molar refractivity (Wildman–Crippen MR) is 109 cm³/mol. The van der Waals surface area contributed by atoms with E-state index in [1.807, 2.05) is 36.4 Å². The molecule has 0 aliphatic carbocycles. The Morgan fingerprint density at radius 2 is 1.75 bits per heavy atom. The maximum absolute atomic E-state index is 12.5. The second-order valence-electron chi connectivity index (χ2n) is 6.26. The number of amides is 1. The quantitative estimate of drug-likeness (QED) is 0.641. The Morgan fingerprint density at radius 3 is 2.50 bits per heavy atom. The van der Waals surface area contributed by atoms with Gasteiger partial charge < -0.3 is 10.1 Å². The van der Waals surface area contributed by atoms with E-state index in [0.29, 0.717) is 12.1 Å². The lowest BCUT2D eigenvalue weighted by Gasteiger charge is -2.09. The number of carbonyl (C=O) groups is 1. The van der Waals surface area contributed by atoms with Crippen molar-refractivity contribution in [2.75, 3.05) is 13.7 Å². The number of hydrogen-bond acceptors (Lipinski definition) is 4. The minimum Gasteiger partial charge on any atom is -0.497 e. The molecule has 6 nitrogen and oxygen atoms in total. The molecule has 0 bridgehead atoms. The molecule has 0 fully saturated rings. The summed E-state index contributed by atoms with van der Waals surface area (Å²) in [6, 6.07) is 17.7. The van der Waals surface area contributed by atoms with Gasteiger partial charge in [0.05, 0.1) is 12.0 Å². The second kappa shape index (κ2) is 8.41. The Kier molecular flexibility index (Phi) is 5.96. The second-order valence-corrected chi connectivity index (χ2v) is 8.03. The van der Waals surface area contributed by atoms with Crippen LogP contribution < -0.4 is 14.8 Å². The average Bonchev–Trinajstić information content (AvgIpc) is 2.71. The first-order valence-corrected chi connectivity index (χ1v) is 10.4. The number of carbonyl (C=O) groups excluding carboxylic acids is 1. The lowest BCUT2D eigenvalue weighted by molar-refractivity contribution is 0.0950. The number of ether oxygens (including phenoxy) is 1. The van der Waals surface area contributed by atoms with Gasteiger partial charge in [-0.3, -0.25) is 4.79 Å². The number of rotatable bonds is 7. The van der Waals surface area contributed by atoms with E-state index in [1.54, 1.807) is 26.2 Å². The van der Waals surface area contributed by atoms with Crippen LogP contribution in [0.2, 0.25) is 0 Å². The lowest BCUT2D eigenvalue weighted by atomic mass is 10.1. The van der Waals surface area contributed by atoms with Gasteiger partial charge in [-0.05, 0) is 52.7 Å². The summed E-state index contributed by atoms with van der Waals surface area (Å²) in [5.74, 6) is 0.462. The summed E-state index contributed by atoms with van der Waals surface area (Å²) in [6.45, 7) is 2.32. The fourth-order valence-electron chi connectivity index (χ4n) is 2.87. The number of sulfonamides is 1. The molecule has 0 unspecified atom stereocenters. The first-order valence-electron chi connectivity index (χ1n) is 8.87. The van der Waals surface area contributed by atoms with Gasteiger partial charge in [0.1, 0.15) is 5.75 Å². The maximum atomic E-state index is 12.5. The highest BCUT2D eigenvalue weighted by Crippen LogP contribution is 2.22. The molecule has 0 aromatic heterocycles. The summed E-state index contributed by atoms with van der Waals surface area (Å²) in [5.41, 5.74) is 1.24. The first kappa shape index (κ1) is 19.9. The number of methoxy groups -OCH3 is 1. The van der Waals surface area contributed by atoms with Crippen LogP contribution in [-0.4, -0.2) is 28.0 Å². The summed E-state index contributed by atoms with van der Waals surface area (Å²) in [4.78, 5) is 12.5. The molecule has 3 rings (SSSR count). The molecular formula is C21H22N2O4S. The molecule has 2 N–H and O–H groups in total. The molecular weight excluding hydrogens is 376 g/mol. The van der Waals surface area contributed by atoms with E-state index in [2.05, 4.69) is 10.0 Å². The van der Waals surface area contributed by atoms with Crippen LogP contribution in [0.5, 0.6) is 5.75 Å². The van der Waals surface area contributed by atoms with Gasteiger partial charge in [0.15, 0.2) is 0 Å². The van der Waals surface area contributed by atoms with E-state index >= 15 is 0 Å².